The van der Waals surface area contributed by atoms with E-state index in [1.165, 1.54) is 7.05 Å². The van der Waals surface area contributed by atoms with E-state index in [0.717, 1.165) is 6.20 Å². The van der Waals surface area contributed by atoms with Gasteiger partial charge in [-0.05, 0) is 30.3 Å². The second-order valence-corrected chi connectivity index (χ2v) is 5.43. The summed E-state index contributed by atoms with van der Waals surface area (Å²) < 4.78 is 19.1. The van der Waals surface area contributed by atoms with Crippen molar-refractivity contribution in [1.82, 2.24) is 15.3 Å². The lowest BCUT2D eigenvalue weighted by Crippen LogP contribution is -2.22. The van der Waals surface area contributed by atoms with E-state index in [-0.39, 0.29) is 11.8 Å². The molecule has 0 fully saturated rings. The van der Waals surface area contributed by atoms with Gasteiger partial charge >= 0.3 is 6.09 Å². The Morgan fingerprint density at radius 2 is 1.85 bits per heavy atom. The van der Waals surface area contributed by atoms with Crippen LogP contribution in [0, 0.1) is 5.82 Å². The first kappa shape index (κ1) is 17.9. The quantitative estimate of drug-likeness (QED) is 0.510. The number of benzene rings is 2. The van der Waals surface area contributed by atoms with Gasteiger partial charge in [-0.15, -0.1) is 0 Å². The first-order valence-electron chi connectivity index (χ1n) is 7.95. The van der Waals surface area contributed by atoms with Gasteiger partial charge in [-0.3, -0.25) is 0 Å². The zero-order valence-corrected chi connectivity index (χ0v) is 14.4. The normalized spacial score (nSPS) is 10.1. The fourth-order valence-corrected chi connectivity index (χ4v) is 2.19. The van der Waals surface area contributed by atoms with Gasteiger partial charge in [0.25, 0.3) is 0 Å². The molecule has 9 heteroatoms. The standard InChI is InChI=1S/C18H17FN6O2/c1-21-18(26)27-14-7-3-6-13(9-14)24-17-22-10-15(19)16(25-17)23-12-5-2-4-11(20)8-12/h2-10H,20H2,1H3,(H,21,26)(H2,22,23,24,25). The van der Waals surface area contributed by atoms with E-state index < -0.39 is 11.9 Å². The second kappa shape index (κ2) is 8.00. The Bertz CT molecular complexity index is 966. The van der Waals surface area contributed by atoms with Crippen LogP contribution < -0.4 is 26.4 Å². The SMILES string of the molecule is CNC(=O)Oc1cccc(Nc2ncc(F)c(Nc3cccc(N)c3)n2)c1. The molecular weight excluding hydrogens is 351 g/mol. The molecule has 3 rings (SSSR count). The molecule has 1 aromatic heterocycles. The van der Waals surface area contributed by atoms with Crippen LogP contribution in [0.3, 0.4) is 0 Å². The van der Waals surface area contributed by atoms with Crippen LogP contribution in [0.4, 0.5) is 38.0 Å². The number of anilines is 5. The minimum absolute atomic E-state index is 0.00383. The predicted molar refractivity (Wildman–Crippen MR) is 101 cm³/mol. The summed E-state index contributed by atoms with van der Waals surface area (Å²) in [6.07, 6.45) is 0.466. The third-order valence-corrected chi connectivity index (χ3v) is 3.40. The number of ether oxygens (including phenoxy) is 1. The molecule has 0 bridgehead atoms. The van der Waals surface area contributed by atoms with Crippen molar-refractivity contribution in [3.63, 3.8) is 0 Å². The molecule has 8 nitrogen and oxygen atoms in total. The zero-order chi connectivity index (χ0) is 19.2. The number of hydrogen-bond donors (Lipinski definition) is 4. The maximum atomic E-state index is 14.0. The molecule has 27 heavy (non-hydrogen) atoms. The minimum atomic E-state index is -0.611. The van der Waals surface area contributed by atoms with Crippen molar-refractivity contribution < 1.29 is 13.9 Å². The number of nitrogen functional groups attached to an aromatic ring is 1. The van der Waals surface area contributed by atoms with Crippen LogP contribution >= 0.6 is 0 Å². The molecule has 5 N–H and O–H groups in total. The summed E-state index contributed by atoms with van der Waals surface area (Å²) in [4.78, 5) is 19.3. The Balaban J connectivity index is 1.78. The molecule has 0 saturated carbocycles. The van der Waals surface area contributed by atoms with Crippen LogP contribution in [0.15, 0.2) is 54.7 Å². The molecule has 0 spiro atoms. The Morgan fingerprint density at radius 1 is 1.11 bits per heavy atom. The van der Waals surface area contributed by atoms with Crippen LogP contribution in [-0.2, 0) is 0 Å². The highest BCUT2D eigenvalue weighted by molar-refractivity contribution is 5.71. The molecule has 3 aromatic rings. The van der Waals surface area contributed by atoms with Gasteiger partial charge in [-0.2, -0.15) is 4.98 Å². The van der Waals surface area contributed by atoms with E-state index in [1.807, 2.05) is 0 Å². The zero-order valence-electron chi connectivity index (χ0n) is 14.4. The fourth-order valence-electron chi connectivity index (χ4n) is 2.19. The summed E-state index contributed by atoms with van der Waals surface area (Å²) in [5, 5.41) is 8.15. The lowest BCUT2D eigenvalue weighted by atomic mass is 10.3. The van der Waals surface area contributed by atoms with E-state index in [9.17, 15) is 9.18 Å². The van der Waals surface area contributed by atoms with Crippen molar-refractivity contribution in [3.8, 4) is 5.75 Å². The van der Waals surface area contributed by atoms with Gasteiger partial charge in [0.2, 0.25) is 5.95 Å². The molecule has 0 saturated heterocycles. The maximum absolute atomic E-state index is 14.0. The number of nitrogens with two attached hydrogens (primary N) is 1. The molecule has 2 aromatic carbocycles. The number of hydrogen-bond acceptors (Lipinski definition) is 7. The van der Waals surface area contributed by atoms with E-state index in [2.05, 4.69) is 25.9 Å². The highest BCUT2D eigenvalue weighted by atomic mass is 19.1. The number of carbonyl (C=O) groups excluding carboxylic acids is 1. The summed E-state index contributed by atoms with van der Waals surface area (Å²) in [7, 11) is 1.46. The molecule has 0 aliphatic heterocycles. The molecule has 1 amide bonds. The van der Waals surface area contributed by atoms with Crippen molar-refractivity contribution in [3.05, 3.63) is 60.5 Å². The summed E-state index contributed by atoms with van der Waals surface area (Å²) in [5.74, 6) is -0.116. The lowest BCUT2D eigenvalue weighted by Gasteiger charge is -2.10. The van der Waals surface area contributed by atoms with E-state index in [4.69, 9.17) is 10.5 Å². The van der Waals surface area contributed by atoms with Gasteiger partial charge in [0.15, 0.2) is 11.6 Å². The van der Waals surface area contributed by atoms with Crippen LogP contribution in [0.25, 0.3) is 0 Å². The average Bonchev–Trinajstić information content (AvgIpc) is 2.65. The maximum Gasteiger partial charge on any atom is 0.412 e. The number of carbonyl (C=O) groups is 1. The topological polar surface area (TPSA) is 114 Å². The Kier molecular flexibility index (Phi) is 5.31. The van der Waals surface area contributed by atoms with Crippen LogP contribution in [0.1, 0.15) is 0 Å². The summed E-state index contributed by atoms with van der Waals surface area (Å²) in [6.45, 7) is 0. The number of nitrogens with one attached hydrogen (secondary N) is 3. The van der Waals surface area contributed by atoms with Gasteiger partial charge in [-0.1, -0.05) is 12.1 Å². The number of nitrogens with zero attached hydrogens (tertiary/aromatic N) is 2. The van der Waals surface area contributed by atoms with Gasteiger partial charge in [0.1, 0.15) is 5.75 Å². The fraction of sp³-hybridized carbons (Fsp3) is 0.0556. The highest BCUT2D eigenvalue weighted by Crippen LogP contribution is 2.23. The average molecular weight is 368 g/mol. The first-order valence-corrected chi connectivity index (χ1v) is 7.95. The molecule has 138 valence electrons. The number of aromatic nitrogens is 2. The molecule has 0 aliphatic carbocycles. The van der Waals surface area contributed by atoms with Gasteiger partial charge in [0.05, 0.1) is 6.20 Å². The number of rotatable bonds is 5. The Labute approximate surface area is 154 Å². The monoisotopic (exact) mass is 368 g/mol. The second-order valence-electron chi connectivity index (χ2n) is 5.43. The minimum Gasteiger partial charge on any atom is -0.410 e. The van der Waals surface area contributed by atoms with E-state index in [0.29, 0.717) is 22.8 Å². The van der Waals surface area contributed by atoms with E-state index in [1.54, 1.807) is 48.5 Å². The van der Waals surface area contributed by atoms with E-state index >= 15 is 0 Å². The molecule has 0 unspecified atom stereocenters. The molecular formula is C18H17FN6O2. The van der Waals surface area contributed by atoms with Crippen LogP contribution in [-0.4, -0.2) is 23.1 Å². The first-order chi connectivity index (χ1) is 13.0. The largest absolute Gasteiger partial charge is 0.412 e. The van der Waals surface area contributed by atoms with Crippen molar-refractivity contribution in [2.75, 3.05) is 23.4 Å². The van der Waals surface area contributed by atoms with Gasteiger partial charge in [-0.25, -0.2) is 14.2 Å². The number of amides is 1. The predicted octanol–water partition coefficient (Wildman–Crippen LogP) is 3.40. The van der Waals surface area contributed by atoms with Crippen LogP contribution in [0.5, 0.6) is 5.75 Å². The van der Waals surface area contributed by atoms with Crippen molar-refractivity contribution >= 4 is 34.9 Å². The smallest absolute Gasteiger partial charge is 0.410 e. The third-order valence-electron chi connectivity index (χ3n) is 3.40. The highest BCUT2D eigenvalue weighted by Gasteiger charge is 2.09. The molecule has 0 radical (unpaired) electrons. The summed E-state index contributed by atoms with van der Waals surface area (Å²) in [6, 6.07) is 13.5. The Morgan fingerprint density at radius 3 is 2.59 bits per heavy atom. The van der Waals surface area contributed by atoms with Gasteiger partial charge in [0, 0.05) is 30.2 Å². The van der Waals surface area contributed by atoms with Crippen molar-refractivity contribution in [2.45, 2.75) is 0 Å². The molecule has 0 atom stereocenters. The van der Waals surface area contributed by atoms with Crippen molar-refractivity contribution in [2.24, 2.45) is 0 Å². The summed E-state index contributed by atoms with van der Waals surface area (Å²) >= 11 is 0. The molecule has 0 aliphatic rings. The lowest BCUT2D eigenvalue weighted by molar-refractivity contribution is 0.203. The number of halogens is 1. The third kappa shape index (κ3) is 4.82. The van der Waals surface area contributed by atoms with Crippen LogP contribution in [0.2, 0.25) is 0 Å². The van der Waals surface area contributed by atoms with Crippen molar-refractivity contribution in [1.29, 1.82) is 0 Å². The summed E-state index contributed by atoms with van der Waals surface area (Å²) in [5.41, 5.74) is 7.43. The molecule has 1 heterocycles. The Hall–Kier alpha value is -3.88. The van der Waals surface area contributed by atoms with Gasteiger partial charge < -0.3 is 26.4 Å².